The summed E-state index contributed by atoms with van der Waals surface area (Å²) in [6.45, 7) is 1.50. The molecule has 7 heteroatoms. The number of nitrogens with zero attached hydrogens (tertiary/aromatic N) is 1. The van der Waals surface area contributed by atoms with Gasteiger partial charge in [-0.25, -0.2) is 13.2 Å². The van der Waals surface area contributed by atoms with Crippen LogP contribution >= 0.6 is 11.6 Å². The van der Waals surface area contributed by atoms with Gasteiger partial charge in [-0.3, -0.25) is 0 Å². The standard InChI is InChI=1S/C10H17ClN2O3S/c11-8-6-17(15,16)7-9(8)12-10(14)13-4-2-1-3-5-13/h8-9H,1-7H2,(H,12,14). The first-order chi connectivity index (χ1) is 7.98. The van der Waals surface area contributed by atoms with E-state index >= 15 is 0 Å². The van der Waals surface area contributed by atoms with E-state index in [1.165, 1.54) is 0 Å². The molecule has 2 heterocycles. The van der Waals surface area contributed by atoms with Crippen LogP contribution in [0.2, 0.25) is 0 Å². The second-order valence-electron chi connectivity index (χ2n) is 4.70. The molecule has 2 aliphatic heterocycles. The van der Waals surface area contributed by atoms with Gasteiger partial charge in [0.1, 0.15) is 0 Å². The van der Waals surface area contributed by atoms with Crippen molar-refractivity contribution in [3.8, 4) is 0 Å². The predicted molar refractivity (Wildman–Crippen MR) is 66.0 cm³/mol. The van der Waals surface area contributed by atoms with Crippen LogP contribution in [-0.4, -0.2) is 55.4 Å². The molecular formula is C10H17ClN2O3S. The molecule has 0 radical (unpaired) electrons. The van der Waals surface area contributed by atoms with E-state index in [9.17, 15) is 13.2 Å². The highest BCUT2D eigenvalue weighted by Crippen LogP contribution is 2.18. The lowest BCUT2D eigenvalue weighted by Gasteiger charge is -2.28. The number of alkyl halides is 1. The summed E-state index contributed by atoms with van der Waals surface area (Å²) in [7, 11) is -3.09. The molecule has 0 aromatic rings. The van der Waals surface area contributed by atoms with Crippen LogP contribution in [0.15, 0.2) is 0 Å². The molecule has 1 N–H and O–H groups in total. The fourth-order valence-electron chi connectivity index (χ4n) is 2.28. The normalized spacial score (nSPS) is 32.4. The molecule has 0 saturated carbocycles. The summed E-state index contributed by atoms with van der Waals surface area (Å²) in [4.78, 5) is 13.6. The molecule has 17 heavy (non-hydrogen) atoms. The Morgan fingerprint density at radius 1 is 1.18 bits per heavy atom. The Hall–Kier alpha value is -0.490. The van der Waals surface area contributed by atoms with Gasteiger partial charge in [-0.15, -0.1) is 11.6 Å². The lowest BCUT2D eigenvalue weighted by atomic mass is 10.1. The van der Waals surface area contributed by atoms with Gasteiger partial charge in [0, 0.05) is 13.1 Å². The molecule has 2 fully saturated rings. The molecule has 0 aliphatic carbocycles. The van der Waals surface area contributed by atoms with E-state index in [-0.39, 0.29) is 17.5 Å². The molecule has 0 bridgehead atoms. The molecule has 2 atom stereocenters. The van der Waals surface area contributed by atoms with Crippen molar-refractivity contribution in [1.82, 2.24) is 10.2 Å². The zero-order valence-corrected chi connectivity index (χ0v) is 11.1. The van der Waals surface area contributed by atoms with Crippen molar-refractivity contribution in [3.05, 3.63) is 0 Å². The Kier molecular flexibility index (Phi) is 3.82. The number of carbonyl (C=O) groups excluding carboxylic acids is 1. The molecule has 0 spiro atoms. The molecular weight excluding hydrogens is 264 g/mol. The number of amides is 2. The first-order valence-corrected chi connectivity index (χ1v) is 8.14. The van der Waals surface area contributed by atoms with E-state index in [1.807, 2.05) is 0 Å². The van der Waals surface area contributed by atoms with Gasteiger partial charge in [-0.05, 0) is 19.3 Å². The zero-order chi connectivity index (χ0) is 12.5. The van der Waals surface area contributed by atoms with Crippen LogP contribution in [0, 0.1) is 0 Å². The first-order valence-electron chi connectivity index (χ1n) is 5.88. The van der Waals surface area contributed by atoms with Crippen molar-refractivity contribution < 1.29 is 13.2 Å². The second kappa shape index (κ2) is 5.02. The zero-order valence-electron chi connectivity index (χ0n) is 9.56. The third-order valence-electron chi connectivity index (χ3n) is 3.24. The van der Waals surface area contributed by atoms with Gasteiger partial charge < -0.3 is 10.2 Å². The predicted octanol–water partition coefficient (Wildman–Crippen LogP) is 0.586. The Morgan fingerprint density at radius 2 is 1.82 bits per heavy atom. The summed E-state index contributed by atoms with van der Waals surface area (Å²) in [6, 6.07) is -0.631. The van der Waals surface area contributed by atoms with Crippen LogP contribution in [-0.2, 0) is 9.84 Å². The van der Waals surface area contributed by atoms with Crippen molar-refractivity contribution in [1.29, 1.82) is 0 Å². The maximum Gasteiger partial charge on any atom is 0.317 e. The van der Waals surface area contributed by atoms with E-state index in [0.717, 1.165) is 32.4 Å². The van der Waals surface area contributed by atoms with Crippen LogP contribution in [0.4, 0.5) is 4.79 Å². The largest absolute Gasteiger partial charge is 0.333 e. The maximum atomic E-state index is 11.9. The third kappa shape index (κ3) is 3.25. The van der Waals surface area contributed by atoms with Crippen molar-refractivity contribution in [3.63, 3.8) is 0 Å². The average Bonchev–Trinajstić information content (AvgIpc) is 2.53. The molecule has 2 unspecified atom stereocenters. The molecule has 98 valence electrons. The van der Waals surface area contributed by atoms with Gasteiger partial charge in [0.05, 0.1) is 22.9 Å². The van der Waals surface area contributed by atoms with Gasteiger partial charge in [0.2, 0.25) is 0 Å². The third-order valence-corrected chi connectivity index (χ3v) is 5.61. The minimum Gasteiger partial charge on any atom is -0.333 e. The van der Waals surface area contributed by atoms with Crippen LogP contribution in [0.25, 0.3) is 0 Å². The minimum atomic E-state index is -3.09. The number of hydrogen-bond donors (Lipinski definition) is 1. The molecule has 0 aromatic carbocycles. The summed E-state index contributed by atoms with van der Waals surface area (Å²) in [5.41, 5.74) is 0. The van der Waals surface area contributed by atoms with Crippen molar-refractivity contribution in [2.75, 3.05) is 24.6 Å². The van der Waals surface area contributed by atoms with Crippen LogP contribution in [0.1, 0.15) is 19.3 Å². The number of nitrogens with one attached hydrogen (secondary N) is 1. The number of sulfone groups is 1. The molecule has 2 amide bonds. The maximum absolute atomic E-state index is 11.9. The summed E-state index contributed by atoms with van der Waals surface area (Å²) >= 11 is 5.93. The summed E-state index contributed by atoms with van der Waals surface area (Å²) in [6.07, 6.45) is 3.18. The summed E-state index contributed by atoms with van der Waals surface area (Å²) in [5, 5.41) is 2.22. The van der Waals surface area contributed by atoms with E-state index in [1.54, 1.807) is 4.90 Å². The smallest absolute Gasteiger partial charge is 0.317 e. The first kappa shape index (κ1) is 13.0. The minimum absolute atomic E-state index is 0.0409. The quantitative estimate of drug-likeness (QED) is 0.715. The fourth-order valence-corrected chi connectivity index (χ4v) is 4.83. The van der Waals surface area contributed by atoms with Gasteiger partial charge in [0.15, 0.2) is 9.84 Å². The Bertz CT molecular complexity index is 392. The van der Waals surface area contributed by atoms with Crippen LogP contribution in [0.3, 0.4) is 0 Å². The van der Waals surface area contributed by atoms with Crippen molar-refractivity contribution >= 4 is 27.5 Å². The van der Waals surface area contributed by atoms with E-state index < -0.39 is 21.3 Å². The fraction of sp³-hybridized carbons (Fsp3) is 0.900. The topological polar surface area (TPSA) is 66.5 Å². The van der Waals surface area contributed by atoms with Crippen molar-refractivity contribution in [2.45, 2.75) is 30.7 Å². The second-order valence-corrected chi connectivity index (χ2v) is 7.41. The molecule has 0 aromatic heterocycles. The Labute approximate surface area is 106 Å². The summed E-state index contributed by atoms with van der Waals surface area (Å²) in [5.74, 6) is -0.0831. The lowest BCUT2D eigenvalue weighted by molar-refractivity contribution is 0.183. The van der Waals surface area contributed by atoms with E-state index in [4.69, 9.17) is 11.6 Å². The van der Waals surface area contributed by atoms with Crippen LogP contribution in [0.5, 0.6) is 0 Å². The SMILES string of the molecule is O=C(NC1CS(=O)(=O)CC1Cl)N1CCCCC1. The number of piperidine rings is 1. The number of likely N-dealkylation sites (tertiary alicyclic amines) is 1. The Balaban J connectivity index is 1.90. The van der Waals surface area contributed by atoms with Gasteiger partial charge in [0.25, 0.3) is 0 Å². The van der Waals surface area contributed by atoms with Gasteiger partial charge >= 0.3 is 6.03 Å². The van der Waals surface area contributed by atoms with Gasteiger partial charge in [-0.2, -0.15) is 0 Å². The number of halogens is 1. The van der Waals surface area contributed by atoms with E-state index in [0.29, 0.717) is 0 Å². The van der Waals surface area contributed by atoms with Gasteiger partial charge in [-0.1, -0.05) is 0 Å². The average molecular weight is 281 g/mol. The Morgan fingerprint density at radius 3 is 2.35 bits per heavy atom. The van der Waals surface area contributed by atoms with Crippen molar-refractivity contribution in [2.24, 2.45) is 0 Å². The molecule has 2 aliphatic rings. The highest BCUT2D eigenvalue weighted by Gasteiger charge is 2.37. The molecule has 2 saturated heterocycles. The number of hydrogen-bond acceptors (Lipinski definition) is 3. The number of rotatable bonds is 1. The highest BCUT2D eigenvalue weighted by atomic mass is 35.5. The highest BCUT2D eigenvalue weighted by molar-refractivity contribution is 7.91. The molecule has 2 rings (SSSR count). The summed E-state index contributed by atoms with van der Waals surface area (Å²) < 4.78 is 22.7. The lowest BCUT2D eigenvalue weighted by Crippen LogP contribution is -2.49. The molecule has 5 nitrogen and oxygen atoms in total. The van der Waals surface area contributed by atoms with Crippen LogP contribution < -0.4 is 5.32 Å². The monoisotopic (exact) mass is 280 g/mol. The number of urea groups is 1. The number of carbonyl (C=O) groups is 1. The van der Waals surface area contributed by atoms with E-state index in [2.05, 4.69) is 5.32 Å².